The van der Waals surface area contributed by atoms with Gasteiger partial charge in [0, 0.05) is 6.54 Å². The molecule has 1 unspecified atom stereocenters. The van der Waals surface area contributed by atoms with Gasteiger partial charge in [-0.15, -0.1) is 0 Å². The first kappa shape index (κ1) is 22.3. The van der Waals surface area contributed by atoms with Gasteiger partial charge in [0.2, 0.25) is 0 Å². The van der Waals surface area contributed by atoms with Gasteiger partial charge in [-0.1, -0.05) is 0 Å². The van der Waals surface area contributed by atoms with Gasteiger partial charge in [0.15, 0.2) is 6.04 Å². The van der Waals surface area contributed by atoms with E-state index in [0.717, 1.165) is 19.2 Å². The molecule has 0 saturated carbocycles. The molecule has 150 valence electrons. The zero-order valence-corrected chi connectivity index (χ0v) is 15.4. The van der Waals surface area contributed by atoms with E-state index in [4.69, 9.17) is 9.84 Å². The molecule has 10 heteroatoms. The normalized spacial score (nSPS) is 12.1. The lowest BCUT2D eigenvalue weighted by Gasteiger charge is -2.19. The second-order valence-electron chi connectivity index (χ2n) is 6.52. The highest BCUT2D eigenvalue weighted by molar-refractivity contribution is 5.97. The van der Waals surface area contributed by atoms with Crippen LogP contribution in [-0.2, 0) is 20.8 Å². The number of aliphatic hydroxyl groups excluding tert-OH is 1. The summed E-state index contributed by atoms with van der Waals surface area (Å²) in [4.78, 5) is 34.9. The Labute approximate surface area is 154 Å². The maximum atomic E-state index is 14.2. The summed E-state index contributed by atoms with van der Waals surface area (Å²) >= 11 is 0. The van der Waals surface area contributed by atoms with Crippen molar-refractivity contribution in [1.82, 2.24) is 10.6 Å². The number of nitrogens with one attached hydrogen (secondary N) is 2. The van der Waals surface area contributed by atoms with Crippen LogP contribution in [-0.4, -0.2) is 48.4 Å². The second kappa shape index (κ2) is 9.26. The first-order valence-electron chi connectivity index (χ1n) is 7.92. The molecule has 0 saturated heterocycles. The number of amides is 2. The Morgan fingerprint density at radius 1 is 1.19 bits per heavy atom. The highest BCUT2D eigenvalue weighted by atomic mass is 19.1. The number of hydrogen-bond acceptors (Lipinski definition) is 6. The van der Waals surface area contributed by atoms with Gasteiger partial charge in [0.25, 0.3) is 5.91 Å². The van der Waals surface area contributed by atoms with Crippen LogP contribution < -0.4 is 10.6 Å². The van der Waals surface area contributed by atoms with Crippen molar-refractivity contribution in [1.29, 1.82) is 0 Å². The van der Waals surface area contributed by atoms with Crippen molar-refractivity contribution < 1.29 is 37.7 Å². The zero-order valence-electron chi connectivity index (χ0n) is 15.4. The molecule has 1 rings (SSSR count). The first-order chi connectivity index (χ1) is 12.5. The number of alkyl carbamates (subject to hydrolysis) is 1. The summed E-state index contributed by atoms with van der Waals surface area (Å²) in [5, 5.41) is 13.4. The number of esters is 1. The molecule has 0 aliphatic heterocycles. The van der Waals surface area contributed by atoms with Crippen LogP contribution in [0, 0.1) is 11.6 Å². The molecule has 8 nitrogen and oxygen atoms in total. The predicted octanol–water partition coefficient (Wildman–Crippen LogP) is 1.25. The number of benzene rings is 1. The minimum absolute atomic E-state index is 0.0547. The van der Waals surface area contributed by atoms with E-state index in [1.165, 1.54) is 0 Å². The number of halogens is 2. The third kappa shape index (κ3) is 6.81. The van der Waals surface area contributed by atoms with E-state index in [0.29, 0.717) is 0 Å². The number of hydrogen-bond donors (Lipinski definition) is 3. The molecule has 0 radical (unpaired) electrons. The highest BCUT2D eigenvalue weighted by Crippen LogP contribution is 2.16. The van der Waals surface area contributed by atoms with Crippen LogP contribution in [0.4, 0.5) is 13.6 Å². The van der Waals surface area contributed by atoms with Crippen molar-refractivity contribution in [2.75, 3.05) is 13.7 Å². The molecule has 2 amide bonds. The van der Waals surface area contributed by atoms with Gasteiger partial charge < -0.3 is 25.2 Å². The number of carbonyl (C=O) groups is 3. The van der Waals surface area contributed by atoms with Gasteiger partial charge in [-0.3, -0.25) is 4.79 Å². The van der Waals surface area contributed by atoms with Crippen molar-refractivity contribution >= 4 is 18.0 Å². The van der Waals surface area contributed by atoms with Crippen LogP contribution in [0.5, 0.6) is 0 Å². The van der Waals surface area contributed by atoms with Gasteiger partial charge in [-0.2, -0.15) is 0 Å². The highest BCUT2D eigenvalue weighted by Gasteiger charge is 2.25. The molecule has 0 aromatic heterocycles. The minimum atomic E-state index is -1.46. The third-order valence-electron chi connectivity index (χ3n) is 3.14. The molecule has 3 N–H and O–H groups in total. The summed E-state index contributed by atoms with van der Waals surface area (Å²) in [5.41, 5.74) is -1.61. The maximum absolute atomic E-state index is 14.2. The largest absolute Gasteiger partial charge is 0.467 e. The van der Waals surface area contributed by atoms with Gasteiger partial charge in [-0.25, -0.2) is 18.4 Å². The monoisotopic (exact) mass is 388 g/mol. The Morgan fingerprint density at radius 2 is 1.74 bits per heavy atom. The molecule has 0 fully saturated rings. The summed E-state index contributed by atoms with van der Waals surface area (Å²) in [5.74, 6) is -4.60. The fourth-order valence-electron chi connectivity index (χ4n) is 1.98. The molecular weight excluding hydrogens is 366 g/mol. The van der Waals surface area contributed by atoms with E-state index in [1.807, 2.05) is 5.32 Å². The zero-order chi connectivity index (χ0) is 20.8. The Kier molecular flexibility index (Phi) is 7.65. The van der Waals surface area contributed by atoms with Gasteiger partial charge in [0.05, 0.1) is 13.7 Å². The Hall–Kier alpha value is -2.75. The molecule has 0 heterocycles. The number of ether oxygens (including phenoxy) is 2. The maximum Gasteiger partial charge on any atom is 0.407 e. The number of aliphatic hydroxyl groups is 1. The standard InChI is InChI=1S/C17H22F2N2O6/c1-17(2,3)27-16(25)20-7-9-5-10(18)13(11(19)6-9)14(23)21-12(8-22)15(24)26-4/h5-6,12,22H,7-8H2,1-4H3,(H,20,25)(H,21,23). The second-order valence-corrected chi connectivity index (χ2v) is 6.52. The van der Waals surface area contributed by atoms with Crippen molar-refractivity contribution in [2.45, 2.75) is 39.0 Å². The summed E-state index contributed by atoms with van der Waals surface area (Å²) in [7, 11) is 1.03. The molecule has 1 aromatic rings. The average Bonchev–Trinajstić information content (AvgIpc) is 2.55. The van der Waals surface area contributed by atoms with E-state index >= 15 is 0 Å². The molecule has 0 aliphatic carbocycles. The van der Waals surface area contributed by atoms with Crippen molar-refractivity contribution in [2.24, 2.45) is 0 Å². The van der Waals surface area contributed by atoms with Crippen molar-refractivity contribution in [3.63, 3.8) is 0 Å². The lowest BCUT2D eigenvalue weighted by Crippen LogP contribution is -2.44. The van der Waals surface area contributed by atoms with Crippen LogP contribution in [0.15, 0.2) is 12.1 Å². The van der Waals surface area contributed by atoms with Gasteiger partial charge >= 0.3 is 12.1 Å². The fourth-order valence-corrected chi connectivity index (χ4v) is 1.98. The van der Waals surface area contributed by atoms with E-state index in [9.17, 15) is 23.2 Å². The molecule has 0 spiro atoms. The lowest BCUT2D eigenvalue weighted by atomic mass is 10.1. The third-order valence-corrected chi connectivity index (χ3v) is 3.14. The fraction of sp³-hybridized carbons (Fsp3) is 0.471. The molecular formula is C17H22F2N2O6. The average molecular weight is 388 g/mol. The van der Waals surface area contributed by atoms with Gasteiger partial charge in [0.1, 0.15) is 22.8 Å². The predicted molar refractivity (Wildman–Crippen MR) is 89.8 cm³/mol. The van der Waals surface area contributed by atoms with E-state index in [1.54, 1.807) is 20.8 Å². The van der Waals surface area contributed by atoms with Gasteiger partial charge in [-0.05, 0) is 38.5 Å². The van der Waals surface area contributed by atoms with Crippen LogP contribution in [0.2, 0.25) is 0 Å². The van der Waals surface area contributed by atoms with Crippen molar-refractivity contribution in [3.8, 4) is 0 Å². The summed E-state index contributed by atoms with van der Waals surface area (Å²) in [6.07, 6.45) is -0.769. The lowest BCUT2D eigenvalue weighted by molar-refractivity contribution is -0.143. The van der Waals surface area contributed by atoms with E-state index < -0.39 is 53.4 Å². The van der Waals surface area contributed by atoms with Crippen LogP contribution in [0.3, 0.4) is 0 Å². The van der Waals surface area contributed by atoms with Crippen LogP contribution >= 0.6 is 0 Å². The SMILES string of the molecule is COC(=O)C(CO)NC(=O)c1c(F)cc(CNC(=O)OC(C)(C)C)cc1F. The Morgan fingerprint density at radius 3 is 2.19 bits per heavy atom. The molecule has 0 aliphatic rings. The van der Waals surface area contributed by atoms with Crippen LogP contribution in [0.25, 0.3) is 0 Å². The molecule has 0 bridgehead atoms. The summed E-state index contributed by atoms with van der Waals surface area (Å²) in [6.45, 7) is 3.94. The number of carbonyl (C=O) groups excluding carboxylic acids is 3. The number of rotatable bonds is 6. The summed E-state index contributed by atoms with van der Waals surface area (Å²) < 4.78 is 37.7. The van der Waals surface area contributed by atoms with E-state index in [-0.39, 0.29) is 12.1 Å². The Bertz CT molecular complexity index is 695. The van der Waals surface area contributed by atoms with Crippen molar-refractivity contribution in [3.05, 3.63) is 34.9 Å². The quantitative estimate of drug-likeness (QED) is 0.632. The summed E-state index contributed by atoms with van der Waals surface area (Å²) in [6, 6.07) is 0.262. The Balaban J connectivity index is 2.87. The van der Waals surface area contributed by atoms with E-state index in [2.05, 4.69) is 10.1 Å². The first-order valence-corrected chi connectivity index (χ1v) is 7.92. The van der Waals surface area contributed by atoms with Crippen LogP contribution in [0.1, 0.15) is 36.7 Å². The number of methoxy groups -OCH3 is 1. The molecule has 1 aromatic carbocycles. The smallest absolute Gasteiger partial charge is 0.407 e. The molecule has 27 heavy (non-hydrogen) atoms. The minimum Gasteiger partial charge on any atom is -0.467 e. The molecule has 1 atom stereocenters. The topological polar surface area (TPSA) is 114 Å².